The Morgan fingerprint density at radius 2 is 1.49 bits per heavy atom. The van der Waals surface area contributed by atoms with E-state index < -0.39 is 11.6 Å². The van der Waals surface area contributed by atoms with Gasteiger partial charge in [0.05, 0.1) is 11.4 Å². The van der Waals surface area contributed by atoms with Crippen molar-refractivity contribution in [3.8, 4) is 0 Å². The molecule has 1 atom stereocenters. The number of para-hydroxylation sites is 1. The molecule has 0 amide bonds. The topological polar surface area (TPSA) is 60.2 Å². The quantitative estimate of drug-likeness (QED) is 0.132. The summed E-state index contributed by atoms with van der Waals surface area (Å²) in [6.07, 6.45) is 7.44. The standard InChI is InChI=1S/C35H44N4O2/c1-7-10-11-12-13-16-23-39-26(6)31(29-17-14-15-18-30(29)39)35(27-19-21-28(22-20-27)38(8-2)9-3)33-32(34(40)41-35)36-24(4)25(5)37-33/h14-15,17-22H,7-13,16,23H2,1-6H3. The summed E-state index contributed by atoms with van der Waals surface area (Å²) in [6, 6.07) is 17.0. The van der Waals surface area contributed by atoms with Crippen LogP contribution in [0.4, 0.5) is 5.69 Å². The van der Waals surface area contributed by atoms with Gasteiger partial charge in [-0.3, -0.25) is 0 Å². The van der Waals surface area contributed by atoms with Crippen molar-refractivity contribution in [1.29, 1.82) is 0 Å². The first kappa shape index (κ1) is 28.8. The van der Waals surface area contributed by atoms with E-state index in [0.29, 0.717) is 11.4 Å². The number of hydrogen-bond acceptors (Lipinski definition) is 5. The Labute approximate surface area is 244 Å². The molecule has 0 saturated heterocycles. The van der Waals surface area contributed by atoms with Gasteiger partial charge >= 0.3 is 5.97 Å². The van der Waals surface area contributed by atoms with Crippen LogP contribution in [-0.4, -0.2) is 33.6 Å². The lowest BCUT2D eigenvalue weighted by molar-refractivity contribution is 0.0242. The van der Waals surface area contributed by atoms with Crippen LogP contribution in [0.2, 0.25) is 0 Å². The normalized spacial score (nSPS) is 16.3. The van der Waals surface area contributed by atoms with Crippen LogP contribution >= 0.6 is 0 Å². The van der Waals surface area contributed by atoms with Crippen LogP contribution in [0.1, 0.15) is 104 Å². The van der Waals surface area contributed by atoms with Crippen LogP contribution in [0.5, 0.6) is 0 Å². The lowest BCUT2D eigenvalue weighted by atomic mass is 9.81. The van der Waals surface area contributed by atoms with Crippen LogP contribution in [0.15, 0.2) is 48.5 Å². The van der Waals surface area contributed by atoms with E-state index >= 15 is 0 Å². The third-order valence-electron chi connectivity index (χ3n) is 8.80. The van der Waals surface area contributed by atoms with E-state index in [9.17, 15) is 4.79 Å². The molecule has 1 aliphatic rings. The van der Waals surface area contributed by atoms with Crippen LogP contribution in [0, 0.1) is 20.8 Å². The Balaban J connectivity index is 1.70. The van der Waals surface area contributed by atoms with Crippen molar-refractivity contribution in [2.45, 2.75) is 92.2 Å². The average Bonchev–Trinajstić information content (AvgIpc) is 3.42. The first-order chi connectivity index (χ1) is 19.9. The van der Waals surface area contributed by atoms with E-state index in [0.717, 1.165) is 70.9 Å². The van der Waals surface area contributed by atoms with Crippen molar-refractivity contribution >= 4 is 22.6 Å². The summed E-state index contributed by atoms with van der Waals surface area (Å²) in [5, 5.41) is 1.09. The summed E-state index contributed by atoms with van der Waals surface area (Å²) in [4.78, 5) is 25.6. The van der Waals surface area contributed by atoms with Gasteiger partial charge in [-0.15, -0.1) is 0 Å². The Bertz CT molecular complexity index is 1530. The number of ether oxygens (including phenoxy) is 1. The number of nitrogens with zero attached hydrogens (tertiary/aromatic N) is 4. The second-order valence-corrected chi connectivity index (χ2v) is 11.3. The highest BCUT2D eigenvalue weighted by Crippen LogP contribution is 2.50. The van der Waals surface area contributed by atoms with Gasteiger partial charge in [-0.2, -0.15) is 0 Å². The fraction of sp³-hybridized carbons (Fsp3) is 0.457. The first-order valence-corrected chi connectivity index (χ1v) is 15.4. The number of cyclic esters (lactones) is 1. The van der Waals surface area contributed by atoms with Gasteiger partial charge in [0.1, 0.15) is 5.69 Å². The number of esters is 1. The lowest BCUT2D eigenvalue weighted by Crippen LogP contribution is -2.32. The van der Waals surface area contributed by atoms with Gasteiger partial charge in [-0.1, -0.05) is 69.4 Å². The zero-order valence-corrected chi connectivity index (χ0v) is 25.6. The average molecular weight is 553 g/mol. The monoisotopic (exact) mass is 552 g/mol. The molecular weight excluding hydrogens is 508 g/mol. The summed E-state index contributed by atoms with van der Waals surface area (Å²) in [7, 11) is 0. The maximum Gasteiger partial charge on any atom is 0.360 e. The SMILES string of the molecule is CCCCCCCCn1c(C)c(C2(c3ccc(N(CC)CC)cc3)OC(=O)c3nc(C)c(C)nc32)c2ccccc21. The number of hydrogen-bond donors (Lipinski definition) is 0. The molecule has 41 heavy (non-hydrogen) atoms. The molecule has 0 radical (unpaired) electrons. The zero-order valence-electron chi connectivity index (χ0n) is 25.6. The molecule has 0 aliphatic carbocycles. The number of aryl methyl sites for hydroxylation is 3. The smallest absolute Gasteiger partial charge is 0.360 e. The lowest BCUT2D eigenvalue weighted by Gasteiger charge is -2.30. The number of carbonyl (C=O) groups is 1. The summed E-state index contributed by atoms with van der Waals surface area (Å²) in [6.45, 7) is 15.4. The highest BCUT2D eigenvalue weighted by atomic mass is 16.6. The summed E-state index contributed by atoms with van der Waals surface area (Å²) >= 11 is 0. The number of rotatable bonds is 12. The number of benzene rings is 2. The largest absolute Gasteiger partial charge is 0.438 e. The molecule has 6 heteroatoms. The fourth-order valence-corrected chi connectivity index (χ4v) is 6.45. The Morgan fingerprint density at radius 1 is 0.829 bits per heavy atom. The van der Waals surface area contributed by atoms with E-state index in [1.807, 2.05) is 13.8 Å². The molecule has 3 heterocycles. The second-order valence-electron chi connectivity index (χ2n) is 11.3. The molecule has 5 rings (SSSR count). The van der Waals surface area contributed by atoms with Crippen molar-refractivity contribution in [2.24, 2.45) is 0 Å². The van der Waals surface area contributed by atoms with Gasteiger partial charge < -0.3 is 14.2 Å². The second kappa shape index (κ2) is 12.1. The molecule has 1 aliphatic heterocycles. The van der Waals surface area contributed by atoms with Crippen molar-refractivity contribution in [3.05, 3.63) is 88.1 Å². The molecule has 0 fully saturated rings. The molecule has 2 aromatic heterocycles. The highest BCUT2D eigenvalue weighted by molar-refractivity contribution is 5.96. The van der Waals surface area contributed by atoms with Gasteiger partial charge in [0.15, 0.2) is 5.69 Å². The summed E-state index contributed by atoms with van der Waals surface area (Å²) in [5.74, 6) is -0.421. The van der Waals surface area contributed by atoms with E-state index in [-0.39, 0.29) is 0 Å². The maximum atomic E-state index is 13.6. The molecule has 4 aromatic rings. The van der Waals surface area contributed by atoms with E-state index in [4.69, 9.17) is 14.7 Å². The van der Waals surface area contributed by atoms with Crippen molar-refractivity contribution in [3.63, 3.8) is 0 Å². The van der Waals surface area contributed by atoms with Crippen molar-refractivity contribution in [2.75, 3.05) is 18.0 Å². The molecule has 0 saturated carbocycles. The first-order valence-electron chi connectivity index (χ1n) is 15.4. The van der Waals surface area contributed by atoms with Crippen LogP contribution in [-0.2, 0) is 16.9 Å². The minimum Gasteiger partial charge on any atom is -0.438 e. The van der Waals surface area contributed by atoms with Crippen LogP contribution < -0.4 is 4.90 Å². The highest BCUT2D eigenvalue weighted by Gasteiger charge is 2.53. The molecule has 1 unspecified atom stereocenters. The minimum atomic E-state index is -1.18. The van der Waals surface area contributed by atoms with Gasteiger partial charge in [0.25, 0.3) is 0 Å². The van der Waals surface area contributed by atoms with Crippen LogP contribution in [0.3, 0.4) is 0 Å². The predicted octanol–water partition coefficient (Wildman–Crippen LogP) is 8.03. The molecule has 0 N–H and O–H groups in total. The number of fused-ring (bicyclic) bond motifs is 2. The van der Waals surface area contributed by atoms with Gasteiger partial charge in [-0.25, -0.2) is 14.8 Å². The Hall–Kier alpha value is -3.67. The Morgan fingerprint density at radius 3 is 2.20 bits per heavy atom. The molecule has 2 aromatic carbocycles. The molecule has 0 bridgehead atoms. The summed E-state index contributed by atoms with van der Waals surface area (Å²) in [5.41, 5.74) is 6.56. The maximum absolute atomic E-state index is 13.6. The predicted molar refractivity (Wildman–Crippen MR) is 167 cm³/mol. The van der Waals surface area contributed by atoms with Crippen LogP contribution in [0.25, 0.3) is 10.9 Å². The van der Waals surface area contributed by atoms with Gasteiger partial charge in [0, 0.05) is 53.0 Å². The molecular formula is C35H44N4O2. The number of carbonyl (C=O) groups excluding carboxylic acids is 1. The third kappa shape index (κ3) is 5.02. The summed E-state index contributed by atoms with van der Waals surface area (Å²) < 4.78 is 8.95. The van der Waals surface area contributed by atoms with Crippen molar-refractivity contribution < 1.29 is 9.53 Å². The van der Waals surface area contributed by atoms with Gasteiger partial charge in [-0.05, 0) is 59.2 Å². The minimum absolute atomic E-state index is 0.313. The van der Waals surface area contributed by atoms with E-state index in [1.54, 1.807) is 0 Å². The number of unbranched alkanes of at least 4 members (excludes halogenated alkanes) is 5. The van der Waals surface area contributed by atoms with Gasteiger partial charge in [0.2, 0.25) is 5.60 Å². The number of anilines is 1. The van der Waals surface area contributed by atoms with Crippen molar-refractivity contribution in [1.82, 2.24) is 14.5 Å². The zero-order chi connectivity index (χ0) is 29.1. The van der Waals surface area contributed by atoms with E-state index in [2.05, 4.69) is 85.7 Å². The molecule has 216 valence electrons. The molecule has 6 nitrogen and oxygen atoms in total. The molecule has 0 spiro atoms. The third-order valence-corrected chi connectivity index (χ3v) is 8.80. The Kier molecular flexibility index (Phi) is 8.48. The number of aromatic nitrogens is 3. The fourth-order valence-electron chi connectivity index (χ4n) is 6.45. The van der Waals surface area contributed by atoms with E-state index in [1.165, 1.54) is 32.1 Å².